The van der Waals surface area contributed by atoms with E-state index in [4.69, 9.17) is 10.2 Å². The van der Waals surface area contributed by atoms with Gasteiger partial charge in [0.2, 0.25) is 11.0 Å². The van der Waals surface area contributed by atoms with E-state index in [0.29, 0.717) is 11.9 Å². The molecule has 0 aliphatic carbocycles. The van der Waals surface area contributed by atoms with Crippen molar-refractivity contribution in [2.75, 3.05) is 5.75 Å². The van der Waals surface area contributed by atoms with Gasteiger partial charge in [0.25, 0.3) is 0 Å². The number of aliphatic carboxylic acids is 1. The SMILES string of the molecule is CC(=O)N(SC(=O)C(C)O)[C@@H](CS)C(=O)O. The first-order valence-electron chi connectivity index (χ1n) is 4.34. The Morgan fingerprint density at radius 3 is 2.19 bits per heavy atom. The average molecular weight is 267 g/mol. The van der Waals surface area contributed by atoms with Crippen LogP contribution in [0.3, 0.4) is 0 Å². The normalized spacial score (nSPS) is 14.0. The average Bonchev–Trinajstić information content (AvgIpc) is 2.16. The van der Waals surface area contributed by atoms with Crippen molar-refractivity contribution in [1.29, 1.82) is 0 Å². The minimum Gasteiger partial charge on any atom is -0.480 e. The van der Waals surface area contributed by atoms with Crippen LogP contribution in [-0.4, -0.2) is 49.4 Å². The Balaban J connectivity index is 4.80. The van der Waals surface area contributed by atoms with E-state index in [9.17, 15) is 14.4 Å². The molecule has 0 aliphatic heterocycles. The second-order valence-corrected chi connectivity index (χ2v) is 4.31. The van der Waals surface area contributed by atoms with Crippen LogP contribution in [0, 0.1) is 0 Å². The highest BCUT2D eigenvalue weighted by Crippen LogP contribution is 2.18. The summed E-state index contributed by atoms with van der Waals surface area (Å²) < 4.78 is 0.796. The van der Waals surface area contributed by atoms with Gasteiger partial charge in [0.05, 0.1) is 0 Å². The lowest BCUT2D eigenvalue weighted by Gasteiger charge is -2.24. The lowest BCUT2D eigenvalue weighted by molar-refractivity contribution is -0.144. The van der Waals surface area contributed by atoms with Gasteiger partial charge >= 0.3 is 5.97 Å². The molecule has 0 radical (unpaired) electrons. The molecule has 0 spiro atoms. The van der Waals surface area contributed by atoms with Gasteiger partial charge in [-0.25, -0.2) is 4.79 Å². The fourth-order valence-corrected chi connectivity index (χ4v) is 1.97. The first-order valence-corrected chi connectivity index (χ1v) is 5.75. The third-order valence-electron chi connectivity index (χ3n) is 1.58. The second kappa shape index (κ2) is 6.77. The van der Waals surface area contributed by atoms with E-state index in [1.807, 2.05) is 0 Å². The van der Waals surface area contributed by atoms with E-state index in [2.05, 4.69) is 12.6 Å². The molecule has 1 amide bonds. The van der Waals surface area contributed by atoms with Crippen molar-refractivity contribution in [3.05, 3.63) is 0 Å². The van der Waals surface area contributed by atoms with Crippen molar-refractivity contribution < 1.29 is 24.6 Å². The summed E-state index contributed by atoms with van der Waals surface area (Å²) in [4.78, 5) is 33.2. The summed E-state index contributed by atoms with van der Waals surface area (Å²) in [5.74, 6) is -1.95. The number of thiol groups is 1. The lowest BCUT2D eigenvalue weighted by atomic mass is 10.3. The quantitative estimate of drug-likeness (QED) is 0.481. The molecule has 0 saturated heterocycles. The Bertz CT molecular complexity index is 294. The van der Waals surface area contributed by atoms with Gasteiger partial charge in [0.15, 0.2) is 0 Å². The maximum absolute atomic E-state index is 11.2. The van der Waals surface area contributed by atoms with E-state index in [1.54, 1.807) is 0 Å². The molecule has 2 N–H and O–H groups in total. The number of rotatable bonds is 4. The molecule has 0 saturated carbocycles. The Hall–Kier alpha value is -0.730. The van der Waals surface area contributed by atoms with E-state index < -0.39 is 29.1 Å². The third-order valence-corrected chi connectivity index (χ3v) is 3.16. The molecule has 2 atom stereocenters. The number of nitrogens with zero attached hydrogens (tertiary/aromatic N) is 1. The maximum atomic E-state index is 11.2. The fraction of sp³-hybridized carbons (Fsp3) is 0.625. The molecule has 16 heavy (non-hydrogen) atoms. The van der Waals surface area contributed by atoms with Crippen molar-refractivity contribution >= 4 is 41.6 Å². The number of carboxylic acid groups (broad SMARTS) is 1. The monoisotopic (exact) mass is 267 g/mol. The van der Waals surface area contributed by atoms with Crippen molar-refractivity contribution in [2.24, 2.45) is 0 Å². The van der Waals surface area contributed by atoms with Gasteiger partial charge in [-0.3, -0.25) is 13.9 Å². The number of carbonyl (C=O) groups is 3. The van der Waals surface area contributed by atoms with E-state index in [0.717, 1.165) is 11.2 Å². The Morgan fingerprint density at radius 2 is 1.94 bits per heavy atom. The second-order valence-electron chi connectivity index (χ2n) is 2.97. The lowest BCUT2D eigenvalue weighted by Crippen LogP contribution is -2.42. The first-order chi connectivity index (χ1) is 7.31. The number of hydrogen-bond acceptors (Lipinski definition) is 6. The molecule has 1 unspecified atom stereocenters. The first kappa shape index (κ1) is 15.3. The number of amides is 1. The van der Waals surface area contributed by atoms with Crippen LogP contribution in [0.5, 0.6) is 0 Å². The van der Waals surface area contributed by atoms with Gasteiger partial charge in [0.1, 0.15) is 12.1 Å². The van der Waals surface area contributed by atoms with Crippen LogP contribution in [-0.2, 0) is 14.4 Å². The van der Waals surface area contributed by atoms with Gasteiger partial charge < -0.3 is 10.2 Å². The molecule has 92 valence electrons. The van der Waals surface area contributed by atoms with Gasteiger partial charge in [-0.1, -0.05) is 0 Å². The number of aliphatic hydroxyl groups is 1. The largest absolute Gasteiger partial charge is 0.480 e. The molecular weight excluding hydrogens is 254 g/mol. The van der Waals surface area contributed by atoms with E-state index in [-0.39, 0.29) is 5.75 Å². The van der Waals surface area contributed by atoms with Crippen molar-refractivity contribution in [1.82, 2.24) is 4.31 Å². The van der Waals surface area contributed by atoms with Crippen molar-refractivity contribution in [3.8, 4) is 0 Å². The topological polar surface area (TPSA) is 94.9 Å². The molecule has 0 aliphatic rings. The molecule has 0 rings (SSSR count). The number of hydrogen-bond donors (Lipinski definition) is 3. The third kappa shape index (κ3) is 4.42. The number of carboxylic acids is 1. The molecular formula is C8H13NO5S2. The van der Waals surface area contributed by atoms with Crippen molar-refractivity contribution in [2.45, 2.75) is 26.0 Å². The summed E-state index contributed by atoms with van der Waals surface area (Å²) in [5, 5.41) is 17.1. The van der Waals surface area contributed by atoms with Crippen LogP contribution in [0.2, 0.25) is 0 Å². The highest BCUT2D eigenvalue weighted by molar-refractivity contribution is 8.12. The van der Waals surface area contributed by atoms with Crippen molar-refractivity contribution in [3.63, 3.8) is 0 Å². The number of carbonyl (C=O) groups excluding carboxylic acids is 2. The Kier molecular flexibility index (Phi) is 6.46. The van der Waals surface area contributed by atoms with Gasteiger partial charge in [-0.05, 0) is 6.92 Å². The van der Waals surface area contributed by atoms with E-state index >= 15 is 0 Å². The summed E-state index contributed by atoms with van der Waals surface area (Å²) in [5.41, 5.74) is 0. The zero-order valence-corrected chi connectivity index (χ0v) is 10.5. The highest BCUT2D eigenvalue weighted by atomic mass is 32.2. The molecule has 0 aromatic carbocycles. The zero-order chi connectivity index (χ0) is 12.9. The molecule has 0 bridgehead atoms. The molecule has 0 fully saturated rings. The summed E-state index contributed by atoms with van der Waals surface area (Å²) in [6.07, 6.45) is -1.26. The molecule has 6 nitrogen and oxygen atoms in total. The van der Waals surface area contributed by atoms with Crippen LogP contribution in [0.1, 0.15) is 13.8 Å². The summed E-state index contributed by atoms with van der Waals surface area (Å²) in [7, 11) is 0. The Labute approximate surface area is 103 Å². The predicted octanol–water partition coefficient (Wildman–Crippen LogP) is -0.227. The molecule has 0 aromatic rings. The highest BCUT2D eigenvalue weighted by Gasteiger charge is 2.30. The van der Waals surface area contributed by atoms with Crippen LogP contribution in [0.15, 0.2) is 0 Å². The van der Waals surface area contributed by atoms with Crippen LogP contribution < -0.4 is 0 Å². The fourth-order valence-electron chi connectivity index (χ4n) is 0.773. The minimum absolute atomic E-state index is 0.116. The molecule has 0 heterocycles. The molecule has 8 heteroatoms. The Morgan fingerprint density at radius 1 is 1.44 bits per heavy atom. The van der Waals surface area contributed by atoms with Crippen LogP contribution in [0.25, 0.3) is 0 Å². The van der Waals surface area contributed by atoms with Gasteiger partial charge in [-0.2, -0.15) is 12.6 Å². The van der Waals surface area contributed by atoms with Crippen LogP contribution >= 0.6 is 24.6 Å². The zero-order valence-electron chi connectivity index (χ0n) is 8.78. The van der Waals surface area contributed by atoms with Gasteiger partial charge in [-0.15, -0.1) is 0 Å². The van der Waals surface area contributed by atoms with E-state index in [1.165, 1.54) is 6.92 Å². The number of aliphatic hydroxyl groups excluding tert-OH is 1. The summed E-state index contributed by atoms with van der Waals surface area (Å²) in [6.45, 7) is 2.38. The molecule has 0 aromatic heterocycles. The summed E-state index contributed by atoms with van der Waals surface area (Å²) >= 11 is 4.19. The summed E-state index contributed by atoms with van der Waals surface area (Å²) in [6, 6.07) is -1.20. The van der Waals surface area contributed by atoms with Crippen LogP contribution in [0.4, 0.5) is 0 Å². The van der Waals surface area contributed by atoms with Gasteiger partial charge in [0, 0.05) is 24.6 Å². The maximum Gasteiger partial charge on any atom is 0.328 e. The smallest absolute Gasteiger partial charge is 0.328 e. The standard InChI is InChI=1S/C8H13NO5S2/c1-4(10)8(14)16-9(5(2)11)6(3-15)7(12)13/h4,6,10,15H,3H2,1-2H3,(H,12,13)/t4?,6-/m0/s1. The minimum atomic E-state index is -1.26. The predicted molar refractivity (Wildman–Crippen MR) is 62.1 cm³/mol.